The van der Waals surface area contributed by atoms with Crippen molar-refractivity contribution in [2.45, 2.75) is 58.3 Å². The molecule has 0 heterocycles. The van der Waals surface area contributed by atoms with Crippen LogP contribution in [0.25, 0.3) is 0 Å². The summed E-state index contributed by atoms with van der Waals surface area (Å²) in [6, 6.07) is 0. The molecule has 0 saturated heterocycles. The summed E-state index contributed by atoms with van der Waals surface area (Å²) in [4.78, 5) is 10.9. The maximum absolute atomic E-state index is 14.2. The minimum atomic E-state index is -8.40. The van der Waals surface area contributed by atoms with E-state index in [0.29, 0.717) is 0 Å². The molecule has 0 aromatic carbocycles. The Morgan fingerprint density at radius 1 is 0.500 bits per heavy atom. The van der Waals surface area contributed by atoms with Gasteiger partial charge in [0.05, 0.1) is 7.11 Å². The Balaban J connectivity index is 7.18. The quantitative estimate of drug-likeness (QED) is 0.108. The zero-order chi connectivity index (χ0) is 31.4. The van der Waals surface area contributed by atoms with Crippen LogP contribution in [0.1, 0.15) is 0 Å². The molecular weight excluding hydrogens is 731 g/mol. The largest absolute Gasteiger partial charge is 0.465 e. The highest BCUT2D eigenvalue weighted by molar-refractivity contribution is 14.1. The lowest BCUT2D eigenvalue weighted by Gasteiger charge is -2.42. The molecule has 228 valence electrons. The van der Waals surface area contributed by atoms with Gasteiger partial charge in [0.25, 0.3) is 0 Å². The summed E-state index contributed by atoms with van der Waals surface area (Å²) in [5.41, 5.74) is 0. The van der Waals surface area contributed by atoms with Gasteiger partial charge in [-0.15, -0.1) is 0 Å². The van der Waals surface area contributed by atoms with Crippen molar-refractivity contribution in [3.05, 3.63) is 0 Å². The van der Waals surface area contributed by atoms with Crippen LogP contribution in [-0.4, -0.2) is 71.4 Å². The van der Waals surface area contributed by atoms with Gasteiger partial charge in [-0.2, -0.15) is 87.8 Å². The lowest BCUT2D eigenvalue weighted by atomic mass is 10.2. The van der Waals surface area contributed by atoms with Crippen LogP contribution in [0, 0.1) is 0 Å². The predicted molar refractivity (Wildman–Crippen MR) is 78.8 cm³/mol. The number of halogens is 21. The first-order valence-corrected chi connectivity index (χ1v) is 8.84. The number of methoxy groups -OCH3 is 1. The molecule has 0 aliphatic rings. The molecule has 3 atom stereocenters. The zero-order valence-corrected chi connectivity index (χ0v) is 18.6. The number of carbonyl (C=O) groups is 1. The van der Waals surface area contributed by atoms with E-state index in [1.807, 2.05) is 0 Å². The first-order chi connectivity index (χ1) is 16.1. The minimum Gasteiger partial charge on any atom is -0.465 e. The van der Waals surface area contributed by atoms with Gasteiger partial charge in [-0.1, -0.05) is 0 Å². The number of hydrogen-bond donors (Lipinski definition) is 0. The Labute approximate surface area is 206 Å². The first kappa shape index (κ1) is 36.7. The van der Waals surface area contributed by atoms with Gasteiger partial charge >= 0.3 is 64.3 Å². The van der Waals surface area contributed by atoms with E-state index < -0.39 is 86.9 Å². The highest BCUT2D eigenvalue weighted by Gasteiger charge is 2.87. The molecule has 0 amide bonds. The topological polar surface area (TPSA) is 54.0 Å². The summed E-state index contributed by atoms with van der Waals surface area (Å²) < 4.78 is 264. The maximum atomic E-state index is 14.2. The Hall–Kier alpha value is -1.32. The highest BCUT2D eigenvalue weighted by atomic mass is 127. The number of hydrogen-bond acceptors (Lipinski definition) is 5. The number of alkyl halides is 21. The Morgan fingerprint density at radius 2 is 0.816 bits per heavy atom. The van der Waals surface area contributed by atoms with E-state index in [9.17, 15) is 92.6 Å². The second kappa shape index (κ2) is 9.95. The molecule has 0 bridgehead atoms. The van der Waals surface area contributed by atoms with Gasteiger partial charge in [0, 0.05) is 22.6 Å². The second-order valence-corrected chi connectivity index (χ2v) is 7.48. The molecule has 3 unspecified atom stereocenters. The molecule has 0 spiro atoms. The van der Waals surface area contributed by atoms with Crippen molar-refractivity contribution >= 4 is 28.6 Å². The Kier molecular flexibility index (Phi) is 9.60. The zero-order valence-electron chi connectivity index (χ0n) is 16.5. The van der Waals surface area contributed by atoms with Crippen molar-refractivity contribution in [1.82, 2.24) is 0 Å². The molecule has 5 nitrogen and oxygen atoms in total. The van der Waals surface area contributed by atoms with Gasteiger partial charge < -0.3 is 4.74 Å². The van der Waals surface area contributed by atoms with Crippen LogP contribution in [0.4, 0.5) is 87.8 Å². The maximum Gasteiger partial charge on any atom is 0.460 e. The lowest BCUT2D eigenvalue weighted by molar-refractivity contribution is -0.571. The van der Waals surface area contributed by atoms with Gasteiger partial charge in [-0.05, 0) is 0 Å². The Bertz CT molecular complexity index is 862. The molecule has 0 rings (SSSR count). The second-order valence-electron chi connectivity index (χ2n) is 6.12. The normalized spacial score (nSPS) is 19.8. The molecule has 0 aliphatic carbocycles. The van der Waals surface area contributed by atoms with Crippen molar-refractivity contribution in [2.24, 2.45) is 0 Å². The van der Waals surface area contributed by atoms with Crippen LogP contribution < -0.4 is 0 Å². The fourth-order valence-electron chi connectivity index (χ4n) is 1.63. The average molecular weight is 734 g/mol. The molecule has 38 heavy (non-hydrogen) atoms. The van der Waals surface area contributed by atoms with Crippen molar-refractivity contribution in [2.75, 3.05) is 7.11 Å². The molecule has 0 N–H and O–H groups in total. The third-order valence-corrected chi connectivity index (χ3v) is 4.05. The molecule has 0 aliphatic heterocycles. The van der Waals surface area contributed by atoms with Gasteiger partial charge in [-0.3, -0.25) is 9.47 Å². The van der Waals surface area contributed by atoms with E-state index in [-0.39, 0.29) is 7.11 Å². The summed E-state index contributed by atoms with van der Waals surface area (Å²) in [6.45, 7) is 0. The fourth-order valence-corrected chi connectivity index (χ4v) is 1.74. The van der Waals surface area contributed by atoms with E-state index in [0.717, 1.165) is 0 Å². The molecule has 0 fully saturated rings. The van der Waals surface area contributed by atoms with Gasteiger partial charge in [-0.25, -0.2) is 9.53 Å². The third kappa shape index (κ3) is 6.35. The summed E-state index contributed by atoms with van der Waals surface area (Å²) >= 11 is -0.863. The number of rotatable bonds is 10. The smallest absolute Gasteiger partial charge is 0.460 e. The number of ether oxygens (including phenoxy) is 4. The third-order valence-electron chi connectivity index (χ3n) is 3.43. The Morgan fingerprint density at radius 3 is 1.08 bits per heavy atom. The average Bonchev–Trinajstić information content (AvgIpc) is 2.61. The van der Waals surface area contributed by atoms with Crippen LogP contribution >= 0.6 is 22.6 Å². The van der Waals surface area contributed by atoms with Crippen LogP contribution in [0.5, 0.6) is 0 Å². The molecule has 0 radical (unpaired) electrons. The van der Waals surface area contributed by atoms with Gasteiger partial charge in [0.2, 0.25) is 0 Å². The van der Waals surface area contributed by atoms with Crippen LogP contribution in [0.3, 0.4) is 0 Å². The molecular formula is C12H3F20IO5. The fraction of sp³-hybridized carbons (Fsp3) is 0.917. The summed E-state index contributed by atoms with van der Waals surface area (Å²) in [5, 5.41) is 0. The van der Waals surface area contributed by atoms with Gasteiger partial charge in [0.1, 0.15) is 0 Å². The van der Waals surface area contributed by atoms with E-state index in [1.54, 1.807) is 4.74 Å². The number of carbonyl (C=O) groups excluding carboxylic acids is 1. The molecule has 26 heteroatoms. The summed E-state index contributed by atoms with van der Waals surface area (Å²) in [6.07, 6.45) is -47.1. The van der Waals surface area contributed by atoms with Crippen LogP contribution in [-0.2, 0) is 23.7 Å². The van der Waals surface area contributed by atoms with E-state index in [2.05, 4.69) is 4.74 Å². The van der Waals surface area contributed by atoms with E-state index >= 15 is 0 Å². The minimum absolute atomic E-state index is 0.356. The van der Waals surface area contributed by atoms with Crippen molar-refractivity contribution in [3.63, 3.8) is 0 Å². The van der Waals surface area contributed by atoms with E-state index in [1.165, 1.54) is 9.47 Å². The predicted octanol–water partition coefficient (Wildman–Crippen LogP) is 6.70. The van der Waals surface area contributed by atoms with Crippen molar-refractivity contribution in [3.8, 4) is 0 Å². The highest BCUT2D eigenvalue weighted by Crippen LogP contribution is 2.58. The van der Waals surface area contributed by atoms with Crippen molar-refractivity contribution < 1.29 is 112 Å². The molecule has 0 saturated carbocycles. The monoisotopic (exact) mass is 734 g/mol. The summed E-state index contributed by atoms with van der Waals surface area (Å²) in [7, 11) is -0.356. The SMILES string of the molecule is COC(=O)C(F)(OC(F)(C(F)(F)F)C(F)(F)OC(F)(C(F)(F)F)C(F)(F)OC(F)(F)C(F)(F)I)C(F)(F)F. The standard InChI is InChI=1S/C12H3F20IO5/c1-35-2(34)3(13,6(16,17)18)36-4(14,7(19,20)21)10(27,28)37-5(15,8(22,23)24)11(29,30)38-12(31,32)9(25,26)33/h1H3. The van der Waals surface area contributed by atoms with Crippen LogP contribution in [0.2, 0.25) is 0 Å². The van der Waals surface area contributed by atoms with Gasteiger partial charge in [0.15, 0.2) is 0 Å². The van der Waals surface area contributed by atoms with Crippen LogP contribution in [0.15, 0.2) is 0 Å². The summed E-state index contributed by atoms with van der Waals surface area (Å²) in [5.74, 6) is -27.6. The number of esters is 1. The van der Waals surface area contributed by atoms with Crippen molar-refractivity contribution in [1.29, 1.82) is 0 Å². The first-order valence-electron chi connectivity index (χ1n) is 7.76. The molecule has 0 aromatic rings. The molecule has 0 aromatic heterocycles. The lowest BCUT2D eigenvalue weighted by Crippen LogP contribution is -2.70. The van der Waals surface area contributed by atoms with E-state index in [4.69, 9.17) is 0 Å².